The first-order chi connectivity index (χ1) is 18.1. The maximum Gasteiger partial charge on any atom is 0.245 e. The minimum absolute atomic E-state index is 0.136. The van der Waals surface area contributed by atoms with Gasteiger partial charge in [-0.1, -0.05) is 49.4 Å². The van der Waals surface area contributed by atoms with Crippen molar-refractivity contribution in [3.05, 3.63) is 48.0 Å². The molecule has 2 rings (SSSR count). The van der Waals surface area contributed by atoms with E-state index in [9.17, 15) is 19.2 Å². The molecule has 2 atom stereocenters. The Labute approximate surface area is 223 Å². The van der Waals surface area contributed by atoms with Gasteiger partial charge in [0.25, 0.3) is 0 Å². The summed E-state index contributed by atoms with van der Waals surface area (Å²) in [6, 6.07) is 12.0. The summed E-state index contributed by atoms with van der Waals surface area (Å²) in [6.45, 7) is 3.74. The van der Waals surface area contributed by atoms with E-state index in [4.69, 9.17) is 16.9 Å². The van der Waals surface area contributed by atoms with Gasteiger partial charge in [-0.3, -0.25) is 24.6 Å². The number of fused-ring (bicyclic) bond motifs is 1. The van der Waals surface area contributed by atoms with Gasteiger partial charge in [0.05, 0.1) is 6.54 Å². The molecule has 4 amide bonds. The molecule has 0 aliphatic rings. The predicted octanol–water partition coefficient (Wildman–Crippen LogP) is 0.749. The Morgan fingerprint density at radius 3 is 2.32 bits per heavy atom. The number of carbonyl (C=O) groups excluding carboxylic acids is 4. The number of amides is 4. The second kappa shape index (κ2) is 15.2. The van der Waals surface area contributed by atoms with E-state index in [1.807, 2.05) is 49.4 Å². The molecule has 0 aliphatic carbocycles. The van der Waals surface area contributed by atoms with Crippen LogP contribution in [0.25, 0.3) is 10.8 Å². The number of rotatable bonds is 15. The number of unbranched alkanes of at least 4 members (excludes halogenated alkanes) is 1. The largest absolute Gasteiger partial charge is 0.370 e. The van der Waals surface area contributed by atoms with Crippen LogP contribution >= 0.6 is 0 Å². The van der Waals surface area contributed by atoms with Gasteiger partial charge in [0.15, 0.2) is 5.96 Å². The summed E-state index contributed by atoms with van der Waals surface area (Å²) < 4.78 is 0. The van der Waals surface area contributed by atoms with Crippen LogP contribution in [0.15, 0.2) is 42.5 Å². The van der Waals surface area contributed by atoms with Crippen molar-refractivity contribution < 1.29 is 19.2 Å². The summed E-state index contributed by atoms with van der Waals surface area (Å²) in [7, 11) is 0. The summed E-state index contributed by atoms with van der Waals surface area (Å²) in [5, 5.41) is 17.3. The number of benzene rings is 2. The van der Waals surface area contributed by atoms with Gasteiger partial charge in [-0.15, -0.1) is 0 Å². The average Bonchev–Trinajstić information content (AvgIpc) is 2.86. The van der Waals surface area contributed by atoms with E-state index < -0.39 is 23.9 Å². The van der Waals surface area contributed by atoms with Crippen molar-refractivity contribution in [1.82, 2.24) is 20.9 Å². The van der Waals surface area contributed by atoms with E-state index in [0.717, 1.165) is 16.3 Å². The maximum absolute atomic E-state index is 13.5. The molecule has 0 saturated heterocycles. The third-order valence-corrected chi connectivity index (χ3v) is 5.98. The summed E-state index contributed by atoms with van der Waals surface area (Å²) in [6.07, 6.45) is 2.39. The fourth-order valence-corrected chi connectivity index (χ4v) is 4.20. The van der Waals surface area contributed by atoms with Crippen LogP contribution in [0.4, 0.5) is 0 Å². The van der Waals surface area contributed by atoms with Crippen molar-refractivity contribution in [2.75, 3.05) is 19.6 Å². The molecule has 0 saturated carbocycles. The van der Waals surface area contributed by atoms with Crippen molar-refractivity contribution in [2.24, 2.45) is 11.5 Å². The molecule has 0 radical (unpaired) electrons. The Bertz CT molecular complexity index is 1140. The van der Waals surface area contributed by atoms with Gasteiger partial charge in [0, 0.05) is 26.4 Å². The number of nitrogens with one attached hydrogen (secondary N) is 4. The van der Waals surface area contributed by atoms with Gasteiger partial charge >= 0.3 is 0 Å². The fourth-order valence-electron chi connectivity index (χ4n) is 4.20. The van der Waals surface area contributed by atoms with Crippen LogP contribution in [0.5, 0.6) is 0 Å². The van der Waals surface area contributed by atoms with Crippen LogP contribution in [0.2, 0.25) is 0 Å². The first-order valence-corrected chi connectivity index (χ1v) is 12.8. The highest BCUT2D eigenvalue weighted by atomic mass is 16.2. The third kappa shape index (κ3) is 10.1. The minimum atomic E-state index is -0.887. The van der Waals surface area contributed by atoms with Crippen LogP contribution in [-0.4, -0.2) is 66.2 Å². The zero-order valence-electron chi connectivity index (χ0n) is 22.1. The summed E-state index contributed by atoms with van der Waals surface area (Å²) in [5.41, 5.74) is 11.6. The van der Waals surface area contributed by atoms with Crippen molar-refractivity contribution in [2.45, 2.75) is 58.0 Å². The van der Waals surface area contributed by atoms with Gasteiger partial charge < -0.3 is 32.3 Å². The van der Waals surface area contributed by atoms with Gasteiger partial charge in [-0.2, -0.15) is 0 Å². The SMILES string of the molecule is CCCN(CC(=O)N[C@@H](CCCCNC(=N)N)C(N)=O)C(=O)[C@H](Cc1ccc2ccccc2c1)NC(C)=O. The molecule has 0 bridgehead atoms. The van der Waals surface area contributed by atoms with Gasteiger partial charge in [-0.25, -0.2) is 0 Å². The van der Waals surface area contributed by atoms with E-state index in [1.165, 1.54) is 11.8 Å². The van der Waals surface area contributed by atoms with Crippen LogP contribution in [0, 0.1) is 5.41 Å². The van der Waals surface area contributed by atoms with Crippen molar-refractivity contribution in [3.8, 4) is 0 Å². The highest BCUT2D eigenvalue weighted by Gasteiger charge is 2.28. The molecule has 0 heterocycles. The number of hydrogen-bond donors (Lipinski definition) is 6. The molecule has 2 aromatic rings. The van der Waals surface area contributed by atoms with E-state index in [-0.39, 0.29) is 30.7 Å². The lowest BCUT2D eigenvalue weighted by Gasteiger charge is -2.28. The standard InChI is InChI=1S/C27H39N7O4/c1-3-14-34(17-24(36)33-22(25(28)37)10-6-7-13-31-27(29)30)26(38)23(32-18(2)35)16-19-11-12-20-8-4-5-9-21(20)15-19/h4-5,8-9,11-12,15,22-23H,3,6-7,10,13-14,16-17H2,1-2H3,(H2,28,37)(H,32,35)(H,33,36)(H4,29,30,31)/t22-,23-/m0/s1. The fraction of sp³-hybridized carbons (Fsp3) is 0.444. The normalized spacial score (nSPS) is 12.3. The Kier molecular flexibility index (Phi) is 12.0. The zero-order valence-corrected chi connectivity index (χ0v) is 22.1. The Hall–Kier alpha value is -4.15. The van der Waals surface area contributed by atoms with Crippen molar-refractivity contribution >= 4 is 40.4 Å². The maximum atomic E-state index is 13.5. The van der Waals surface area contributed by atoms with E-state index in [1.54, 1.807) is 0 Å². The molecule has 38 heavy (non-hydrogen) atoms. The number of nitrogens with two attached hydrogens (primary N) is 2. The van der Waals surface area contributed by atoms with Gasteiger partial charge in [0.1, 0.15) is 12.1 Å². The molecular formula is C27H39N7O4. The molecular weight excluding hydrogens is 486 g/mol. The second-order valence-electron chi connectivity index (χ2n) is 9.26. The smallest absolute Gasteiger partial charge is 0.245 e. The first kappa shape index (κ1) is 30.1. The summed E-state index contributed by atoms with van der Waals surface area (Å²) >= 11 is 0. The van der Waals surface area contributed by atoms with Crippen molar-refractivity contribution in [3.63, 3.8) is 0 Å². The number of primary amides is 1. The highest BCUT2D eigenvalue weighted by molar-refractivity contribution is 5.92. The topological polar surface area (TPSA) is 183 Å². The number of hydrogen-bond acceptors (Lipinski definition) is 5. The van der Waals surface area contributed by atoms with Gasteiger partial charge in [0.2, 0.25) is 23.6 Å². The van der Waals surface area contributed by atoms with Crippen LogP contribution in [-0.2, 0) is 25.6 Å². The zero-order chi connectivity index (χ0) is 28.1. The molecule has 0 aromatic heterocycles. The Morgan fingerprint density at radius 1 is 0.974 bits per heavy atom. The van der Waals surface area contributed by atoms with Crippen LogP contribution in [0.3, 0.4) is 0 Å². The third-order valence-electron chi connectivity index (χ3n) is 5.98. The first-order valence-electron chi connectivity index (χ1n) is 12.8. The monoisotopic (exact) mass is 525 g/mol. The quantitative estimate of drug-likeness (QED) is 0.113. The lowest BCUT2D eigenvalue weighted by atomic mass is 10.0. The summed E-state index contributed by atoms with van der Waals surface area (Å²) in [4.78, 5) is 51.5. The molecule has 0 unspecified atom stereocenters. The molecule has 2 aromatic carbocycles. The number of carbonyl (C=O) groups is 4. The van der Waals surface area contributed by atoms with Crippen LogP contribution in [0.1, 0.15) is 45.1 Å². The number of guanidine groups is 1. The van der Waals surface area contributed by atoms with Crippen molar-refractivity contribution in [1.29, 1.82) is 5.41 Å². The Balaban J connectivity index is 2.07. The molecule has 206 valence electrons. The molecule has 0 aliphatic heterocycles. The lowest BCUT2D eigenvalue weighted by Crippen LogP contribution is -2.53. The highest BCUT2D eigenvalue weighted by Crippen LogP contribution is 2.17. The molecule has 11 nitrogen and oxygen atoms in total. The van der Waals surface area contributed by atoms with Crippen LogP contribution < -0.4 is 27.4 Å². The number of nitrogens with zero attached hydrogens (tertiary/aromatic N) is 1. The van der Waals surface area contributed by atoms with E-state index >= 15 is 0 Å². The second-order valence-corrected chi connectivity index (χ2v) is 9.26. The molecule has 8 N–H and O–H groups in total. The van der Waals surface area contributed by atoms with E-state index in [2.05, 4.69) is 16.0 Å². The molecule has 0 fully saturated rings. The lowest BCUT2D eigenvalue weighted by molar-refractivity contribution is -0.139. The molecule has 0 spiro atoms. The minimum Gasteiger partial charge on any atom is -0.370 e. The van der Waals surface area contributed by atoms with Gasteiger partial charge in [-0.05, 0) is 42.0 Å². The predicted molar refractivity (Wildman–Crippen MR) is 147 cm³/mol. The summed E-state index contributed by atoms with van der Waals surface area (Å²) in [5.74, 6) is -2.04. The molecule has 11 heteroatoms. The van der Waals surface area contributed by atoms with E-state index in [0.29, 0.717) is 38.8 Å². The average molecular weight is 526 g/mol. The Morgan fingerprint density at radius 2 is 1.68 bits per heavy atom.